The van der Waals surface area contributed by atoms with E-state index < -0.39 is 5.97 Å². The predicted molar refractivity (Wildman–Crippen MR) is 79.2 cm³/mol. The molecule has 0 fully saturated rings. The lowest BCUT2D eigenvalue weighted by Gasteiger charge is -2.09. The average molecular weight is 286 g/mol. The van der Waals surface area contributed by atoms with Crippen molar-refractivity contribution in [2.75, 3.05) is 6.54 Å². The molecule has 5 heteroatoms. The van der Waals surface area contributed by atoms with E-state index in [2.05, 4.69) is 5.32 Å². The number of hydrogen-bond donors (Lipinski definition) is 2. The van der Waals surface area contributed by atoms with Crippen molar-refractivity contribution in [3.05, 3.63) is 41.5 Å². The molecule has 0 spiro atoms. The molecule has 5 nitrogen and oxygen atoms in total. The van der Waals surface area contributed by atoms with Gasteiger partial charge < -0.3 is 10.4 Å². The quantitative estimate of drug-likeness (QED) is 0.752. The van der Waals surface area contributed by atoms with Crippen molar-refractivity contribution >= 4 is 18.0 Å². The summed E-state index contributed by atoms with van der Waals surface area (Å²) in [5, 5.41) is 20.0. The molecule has 1 atom stereocenters. The van der Waals surface area contributed by atoms with Crippen molar-refractivity contribution in [1.82, 2.24) is 5.32 Å². The molecule has 0 bridgehead atoms. The van der Waals surface area contributed by atoms with Crippen LogP contribution in [-0.4, -0.2) is 23.5 Å². The third-order valence-electron chi connectivity index (χ3n) is 2.94. The molecule has 1 unspecified atom stereocenters. The molecule has 0 heterocycles. The monoisotopic (exact) mass is 286 g/mol. The minimum Gasteiger partial charge on any atom is -0.481 e. The summed E-state index contributed by atoms with van der Waals surface area (Å²) in [7, 11) is 0. The first-order chi connectivity index (χ1) is 10.0. The first-order valence-corrected chi connectivity index (χ1v) is 6.69. The standard InChI is InChI=1S/C16H18N2O3/c1-12(2-9-16(20)21)11-18-15(19)8-7-13-3-5-14(10-17)6-4-13/h3-8,12H,2,9,11H2,1H3,(H,18,19)(H,20,21)/b8-7+. The van der Waals surface area contributed by atoms with Crippen molar-refractivity contribution < 1.29 is 14.7 Å². The summed E-state index contributed by atoms with van der Waals surface area (Å²) in [6, 6.07) is 8.92. The third kappa shape index (κ3) is 6.92. The summed E-state index contributed by atoms with van der Waals surface area (Å²) in [5.74, 6) is -0.927. The number of nitrogens with zero attached hydrogens (tertiary/aromatic N) is 1. The zero-order chi connectivity index (χ0) is 15.7. The number of nitrogens with one attached hydrogen (secondary N) is 1. The Labute approximate surface area is 123 Å². The molecule has 1 amide bonds. The number of aliphatic carboxylic acids is 1. The van der Waals surface area contributed by atoms with Gasteiger partial charge in [0.2, 0.25) is 5.91 Å². The fourth-order valence-electron chi connectivity index (χ4n) is 1.65. The number of benzene rings is 1. The lowest BCUT2D eigenvalue weighted by molar-refractivity contribution is -0.137. The molecule has 21 heavy (non-hydrogen) atoms. The first kappa shape index (κ1) is 16.4. The zero-order valence-corrected chi connectivity index (χ0v) is 11.9. The van der Waals surface area contributed by atoms with Crippen LogP contribution < -0.4 is 5.32 Å². The van der Waals surface area contributed by atoms with Gasteiger partial charge in [-0.05, 0) is 36.1 Å². The fraction of sp³-hybridized carbons (Fsp3) is 0.312. The van der Waals surface area contributed by atoms with Gasteiger partial charge in [0.25, 0.3) is 0 Å². The van der Waals surface area contributed by atoms with Crippen molar-refractivity contribution in [2.24, 2.45) is 5.92 Å². The van der Waals surface area contributed by atoms with Gasteiger partial charge in [-0.15, -0.1) is 0 Å². The Morgan fingerprint density at radius 1 is 1.38 bits per heavy atom. The molecular formula is C16H18N2O3. The van der Waals surface area contributed by atoms with Crippen LogP contribution in [0.3, 0.4) is 0 Å². The SMILES string of the molecule is CC(CCC(=O)O)CNC(=O)/C=C/c1ccc(C#N)cc1. The number of hydrogen-bond acceptors (Lipinski definition) is 3. The van der Waals surface area contributed by atoms with Gasteiger partial charge in [0.05, 0.1) is 11.6 Å². The molecule has 2 N–H and O–H groups in total. The van der Waals surface area contributed by atoms with E-state index in [1.165, 1.54) is 6.08 Å². The second kappa shape index (κ2) is 8.54. The second-order valence-electron chi connectivity index (χ2n) is 4.85. The average Bonchev–Trinajstić information content (AvgIpc) is 2.49. The Morgan fingerprint density at radius 2 is 2.05 bits per heavy atom. The second-order valence-corrected chi connectivity index (χ2v) is 4.85. The van der Waals surface area contributed by atoms with Gasteiger partial charge in [-0.25, -0.2) is 0 Å². The lowest BCUT2D eigenvalue weighted by atomic mass is 10.1. The maximum absolute atomic E-state index is 11.6. The van der Waals surface area contributed by atoms with Gasteiger partial charge in [-0.2, -0.15) is 5.26 Å². The molecular weight excluding hydrogens is 268 g/mol. The Hall–Kier alpha value is -2.61. The molecule has 0 aromatic heterocycles. The van der Waals surface area contributed by atoms with E-state index in [-0.39, 0.29) is 18.2 Å². The van der Waals surface area contributed by atoms with Crippen molar-refractivity contribution in [1.29, 1.82) is 5.26 Å². The molecule has 0 aliphatic heterocycles. The van der Waals surface area contributed by atoms with Crippen LogP contribution in [0.4, 0.5) is 0 Å². The van der Waals surface area contributed by atoms with E-state index in [4.69, 9.17) is 10.4 Å². The van der Waals surface area contributed by atoms with E-state index in [9.17, 15) is 9.59 Å². The third-order valence-corrected chi connectivity index (χ3v) is 2.94. The van der Waals surface area contributed by atoms with Crippen LogP contribution in [-0.2, 0) is 9.59 Å². The van der Waals surface area contributed by atoms with Gasteiger partial charge in [0.15, 0.2) is 0 Å². The number of carboxylic acids is 1. The maximum Gasteiger partial charge on any atom is 0.303 e. The van der Waals surface area contributed by atoms with Crippen LogP contribution in [0.25, 0.3) is 6.08 Å². The Bertz CT molecular complexity index is 556. The van der Waals surface area contributed by atoms with Crippen LogP contribution in [0.15, 0.2) is 30.3 Å². The highest BCUT2D eigenvalue weighted by molar-refractivity contribution is 5.91. The number of rotatable bonds is 7. The minimum absolute atomic E-state index is 0.109. The van der Waals surface area contributed by atoms with E-state index in [0.717, 1.165) is 5.56 Å². The minimum atomic E-state index is -0.825. The topological polar surface area (TPSA) is 90.2 Å². The van der Waals surface area contributed by atoms with Crippen LogP contribution in [0.2, 0.25) is 0 Å². The summed E-state index contributed by atoms with van der Waals surface area (Å²) in [6.45, 7) is 2.34. The number of nitriles is 1. The predicted octanol–water partition coefficient (Wildman–Crippen LogP) is 2.19. The van der Waals surface area contributed by atoms with Crippen LogP contribution in [0, 0.1) is 17.2 Å². The van der Waals surface area contributed by atoms with E-state index in [1.807, 2.05) is 13.0 Å². The Kier molecular flexibility index (Phi) is 6.69. The molecule has 0 aliphatic carbocycles. The van der Waals surface area contributed by atoms with Gasteiger partial charge in [-0.1, -0.05) is 19.1 Å². The normalized spacial score (nSPS) is 11.8. The highest BCUT2D eigenvalue weighted by Gasteiger charge is 2.06. The smallest absolute Gasteiger partial charge is 0.303 e. The molecule has 0 aliphatic rings. The summed E-state index contributed by atoms with van der Waals surface area (Å²) >= 11 is 0. The Balaban J connectivity index is 2.37. The fourth-order valence-corrected chi connectivity index (χ4v) is 1.65. The number of carboxylic acid groups (broad SMARTS) is 1. The van der Waals surface area contributed by atoms with Gasteiger partial charge in [-0.3, -0.25) is 9.59 Å². The molecule has 1 aromatic carbocycles. The van der Waals surface area contributed by atoms with Crippen LogP contribution >= 0.6 is 0 Å². The van der Waals surface area contributed by atoms with Crippen molar-refractivity contribution in [3.63, 3.8) is 0 Å². The molecule has 110 valence electrons. The molecule has 1 aromatic rings. The molecule has 0 saturated carbocycles. The van der Waals surface area contributed by atoms with Crippen LogP contribution in [0.5, 0.6) is 0 Å². The summed E-state index contributed by atoms with van der Waals surface area (Å²) in [6.07, 6.45) is 3.73. The number of carbonyl (C=O) groups excluding carboxylic acids is 1. The molecule has 1 rings (SSSR count). The highest BCUT2D eigenvalue weighted by atomic mass is 16.4. The van der Waals surface area contributed by atoms with Gasteiger partial charge >= 0.3 is 5.97 Å². The summed E-state index contributed by atoms with van der Waals surface area (Å²) in [5.41, 5.74) is 1.41. The molecule has 0 radical (unpaired) electrons. The Morgan fingerprint density at radius 3 is 2.62 bits per heavy atom. The van der Waals surface area contributed by atoms with Crippen molar-refractivity contribution in [3.8, 4) is 6.07 Å². The van der Waals surface area contributed by atoms with Crippen molar-refractivity contribution in [2.45, 2.75) is 19.8 Å². The molecule has 0 saturated heterocycles. The number of amides is 1. The van der Waals surface area contributed by atoms with Gasteiger partial charge in [0.1, 0.15) is 0 Å². The summed E-state index contributed by atoms with van der Waals surface area (Å²) < 4.78 is 0. The van der Waals surface area contributed by atoms with E-state index in [1.54, 1.807) is 30.3 Å². The number of carbonyl (C=O) groups is 2. The first-order valence-electron chi connectivity index (χ1n) is 6.69. The van der Waals surface area contributed by atoms with Gasteiger partial charge in [0, 0.05) is 19.0 Å². The summed E-state index contributed by atoms with van der Waals surface area (Å²) in [4.78, 5) is 22.0. The van der Waals surface area contributed by atoms with Crippen LogP contribution in [0.1, 0.15) is 30.9 Å². The largest absolute Gasteiger partial charge is 0.481 e. The highest BCUT2D eigenvalue weighted by Crippen LogP contribution is 2.06. The van der Waals surface area contributed by atoms with E-state index >= 15 is 0 Å². The van der Waals surface area contributed by atoms with E-state index in [0.29, 0.717) is 18.5 Å². The lowest BCUT2D eigenvalue weighted by Crippen LogP contribution is -2.26. The maximum atomic E-state index is 11.6. The zero-order valence-electron chi connectivity index (χ0n) is 11.9.